The maximum atomic E-state index is 11.9. The van der Waals surface area contributed by atoms with E-state index in [0.717, 1.165) is 16.3 Å². The number of hydrogen-bond donors (Lipinski definition) is 6. The maximum Gasteiger partial charge on any atom is 0.490 e. The molecule has 1 saturated heterocycles. The topological polar surface area (TPSA) is 210 Å². The van der Waals surface area contributed by atoms with Crippen molar-refractivity contribution >= 4 is 34.2 Å². The summed E-state index contributed by atoms with van der Waals surface area (Å²) >= 11 is 0. The van der Waals surface area contributed by atoms with Crippen LogP contribution in [-0.4, -0.2) is 54.7 Å². The highest BCUT2D eigenvalue weighted by Gasteiger charge is 2.46. The van der Waals surface area contributed by atoms with Crippen LogP contribution in [0.15, 0.2) is 36.4 Å². The number of benzene rings is 2. The molecule has 13 nitrogen and oxygen atoms in total. The first-order chi connectivity index (χ1) is 14.7. The molecule has 2 aromatic rings. The lowest BCUT2D eigenvalue weighted by atomic mass is 9.94. The Bertz CT molecular complexity index is 1130. The molecular formula is C16H21O13P3. The molecule has 32 heavy (non-hydrogen) atoms. The number of phosphoric acid groups is 3. The van der Waals surface area contributed by atoms with Crippen molar-refractivity contribution < 1.29 is 61.4 Å². The van der Waals surface area contributed by atoms with E-state index >= 15 is 0 Å². The van der Waals surface area contributed by atoms with Crippen LogP contribution < -0.4 is 0 Å². The highest BCUT2D eigenvalue weighted by molar-refractivity contribution is 7.66. The summed E-state index contributed by atoms with van der Waals surface area (Å²) < 4.78 is 51.2. The van der Waals surface area contributed by atoms with E-state index in [2.05, 4.69) is 13.1 Å². The zero-order valence-corrected chi connectivity index (χ0v) is 19.0. The molecule has 1 aliphatic rings. The normalized spacial score (nSPS) is 27.8. The van der Waals surface area contributed by atoms with E-state index in [0.29, 0.717) is 5.56 Å². The third-order valence-electron chi connectivity index (χ3n) is 4.62. The summed E-state index contributed by atoms with van der Waals surface area (Å²) in [6, 6.07) is 11.1. The number of fused-ring (bicyclic) bond motifs is 1. The Morgan fingerprint density at radius 1 is 0.906 bits per heavy atom. The van der Waals surface area contributed by atoms with Crippen LogP contribution >= 0.6 is 23.5 Å². The zero-order valence-electron chi connectivity index (χ0n) is 16.4. The summed E-state index contributed by atoms with van der Waals surface area (Å²) in [5, 5.41) is 22.5. The lowest BCUT2D eigenvalue weighted by molar-refractivity contribution is -0.0223. The van der Waals surface area contributed by atoms with Gasteiger partial charge in [-0.15, -0.1) is 0 Å². The van der Waals surface area contributed by atoms with E-state index in [1.54, 1.807) is 13.0 Å². The molecule has 2 aromatic carbocycles. The van der Waals surface area contributed by atoms with Gasteiger partial charge >= 0.3 is 23.5 Å². The van der Waals surface area contributed by atoms with Crippen LogP contribution in [0.2, 0.25) is 0 Å². The van der Waals surface area contributed by atoms with E-state index in [9.17, 15) is 28.8 Å². The first-order valence-electron chi connectivity index (χ1n) is 8.97. The van der Waals surface area contributed by atoms with E-state index < -0.39 is 54.5 Å². The second-order valence-electron chi connectivity index (χ2n) is 7.02. The Labute approximate surface area is 181 Å². The van der Waals surface area contributed by atoms with Gasteiger partial charge in [0.05, 0.1) is 6.61 Å². The molecule has 3 unspecified atom stereocenters. The zero-order chi connectivity index (χ0) is 23.9. The van der Waals surface area contributed by atoms with Gasteiger partial charge < -0.3 is 34.5 Å². The Balaban J connectivity index is 1.71. The lowest BCUT2D eigenvalue weighted by Crippen LogP contribution is -2.33. The number of aryl methyl sites for hydroxylation is 1. The van der Waals surface area contributed by atoms with Crippen molar-refractivity contribution in [3.63, 3.8) is 0 Å². The summed E-state index contributed by atoms with van der Waals surface area (Å²) in [6.07, 6.45) is -5.34. The fraction of sp³-hybridized carbons (Fsp3) is 0.375. The molecule has 3 rings (SSSR count). The molecule has 0 bridgehead atoms. The fourth-order valence-electron chi connectivity index (χ4n) is 3.29. The number of hydrogen-bond acceptors (Lipinski definition) is 9. The van der Waals surface area contributed by atoms with Gasteiger partial charge in [-0.25, -0.2) is 13.7 Å². The minimum atomic E-state index is -5.67. The van der Waals surface area contributed by atoms with Crippen molar-refractivity contribution in [3.8, 4) is 0 Å². The molecular weight excluding hydrogens is 493 g/mol. The number of aliphatic hydroxyl groups is 2. The van der Waals surface area contributed by atoms with Crippen LogP contribution in [0.4, 0.5) is 0 Å². The molecule has 0 aromatic heterocycles. The Kier molecular flexibility index (Phi) is 7.46. The average Bonchev–Trinajstić information content (AvgIpc) is 2.91. The molecule has 0 radical (unpaired) electrons. The summed E-state index contributed by atoms with van der Waals surface area (Å²) in [7, 11) is -16.6. The first-order valence-corrected chi connectivity index (χ1v) is 13.5. The van der Waals surface area contributed by atoms with Gasteiger partial charge in [0.1, 0.15) is 24.4 Å². The van der Waals surface area contributed by atoms with Crippen molar-refractivity contribution in [2.24, 2.45) is 0 Å². The van der Waals surface area contributed by atoms with E-state index in [1.165, 1.54) is 0 Å². The summed E-state index contributed by atoms with van der Waals surface area (Å²) in [5.74, 6) is 0. The second kappa shape index (κ2) is 9.32. The quantitative estimate of drug-likeness (QED) is 0.277. The van der Waals surface area contributed by atoms with Gasteiger partial charge in [-0.05, 0) is 34.9 Å². The molecule has 1 heterocycles. The van der Waals surface area contributed by atoms with Gasteiger partial charge in [0.25, 0.3) is 0 Å². The molecule has 6 atom stereocenters. The lowest BCUT2D eigenvalue weighted by Gasteiger charge is -2.19. The van der Waals surface area contributed by atoms with Gasteiger partial charge in [-0.2, -0.15) is 8.62 Å². The second-order valence-corrected chi connectivity index (χ2v) is 11.4. The predicted octanol–water partition coefficient (Wildman–Crippen LogP) is 1.65. The largest absolute Gasteiger partial charge is 0.490 e. The maximum absolute atomic E-state index is 11.9. The summed E-state index contributed by atoms with van der Waals surface area (Å²) in [4.78, 5) is 35.8. The highest BCUT2D eigenvalue weighted by Crippen LogP contribution is 2.66. The molecule has 0 aliphatic carbocycles. The van der Waals surface area contributed by atoms with Crippen molar-refractivity contribution in [1.29, 1.82) is 0 Å². The number of aliphatic hydroxyl groups excluding tert-OH is 2. The van der Waals surface area contributed by atoms with E-state index in [-0.39, 0.29) is 0 Å². The average molecular weight is 514 g/mol. The fourth-order valence-corrected chi connectivity index (χ4v) is 6.32. The van der Waals surface area contributed by atoms with Crippen LogP contribution in [-0.2, 0) is 31.6 Å². The van der Waals surface area contributed by atoms with Crippen LogP contribution in [0.3, 0.4) is 0 Å². The molecule has 178 valence electrons. The minimum Gasteiger partial charge on any atom is -0.387 e. The standard InChI is InChI=1S/C16H21O13P3/c1-9-6-10-4-2-3-5-11(10)7-12(9)16-15(18)14(17)13(27-16)8-26-31(22,23)29-32(24,25)28-30(19,20)21/h2-7,13-18H,8H2,1H3,(H,22,23)(H,24,25)(H2,19,20,21)/t13-,14+,15?,16+/m1/s1. The Hall–Kier alpha value is -1.01. The predicted molar refractivity (Wildman–Crippen MR) is 108 cm³/mol. The third-order valence-corrected chi connectivity index (χ3v) is 8.42. The van der Waals surface area contributed by atoms with Crippen LogP contribution in [0.5, 0.6) is 0 Å². The number of phosphoric ester groups is 1. The van der Waals surface area contributed by atoms with Crippen molar-refractivity contribution in [2.75, 3.05) is 6.61 Å². The Morgan fingerprint density at radius 3 is 2.09 bits per heavy atom. The van der Waals surface area contributed by atoms with Crippen molar-refractivity contribution in [2.45, 2.75) is 31.3 Å². The molecule has 6 N–H and O–H groups in total. The monoisotopic (exact) mass is 514 g/mol. The van der Waals surface area contributed by atoms with E-state index in [1.807, 2.05) is 30.3 Å². The van der Waals surface area contributed by atoms with E-state index in [4.69, 9.17) is 19.4 Å². The van der Waals surface area contributed by atoms with Crippen molar-refractivity contribution in [1.82, 2.24) is 0 Å². The van der Waals surface area contributed by atoms with Gasteiger partial charge in [0.15, 0.2) is 0 Å². The van der Waals surface area contributed by atoms with Gasteiger partial charge in [-0.1, -0.05) is 30.3 Å². The van der Waals surface area contributed by atoms with Gasteiger partial charge in [0.2, 0.25) is 0 Å². The van der Waals surface area contributed by atoms with Crippen LogP contribution in [0.25, 0.3) is 10.8 Å². The first kappa shape index (κ1) is 25.6. The van der Waals surface area contributed by atoms with Crippen molar-refractivity contribution in [3.05, 3.63) is 47.5 Å². The van der Waals surface area contributed by atoms with Gasteiger partial charge in [-0.3, -0.25) is 4.52 Å². The molecule has 16 heteroatoms. The van der Waals surface area contributed by atoms with Crippen LogP contribution in [0, 0.1) is 6.92 Å². The molecule has 1 fully saturated rings. The van der Waals surface area contributed by atoms with Crippen LogP contribution in [0.1, 0.15) is 17.2 Å². The Morgan fingerprint density at radius 2 is 1.50 bits per heavy atom. The molecule has 0 spiro atoms. The molecule has 0 saturated carbocycles. The SMILES string of the molecule is Cc1cc2ccccc2cc1[C@@H]1O[C@H](COP(=O)(O)OP(=O)(O)OP(=O)(O)O)[C@H](O)C1O. The molecule has 1 aliphatic heterocycles. The summed E-state index contributed by atoms with van der Waals surface area (Å²) in [6.45, 7) is 0.911. The summed E-state index contributed by atoms with van der Waals surface area (Å²) in [5.41, 5.74) is 1.32. The smallest absolute Gasteiger partial charge is 0.387 e. The third kappa shape index (κ3) is 6.31. The highest BCUT2D eigenvalue weighted by atomic mass is 31.3. The minimum absolute atomic E-state index is 0.566. The van der Waals surface area contributed by atoms with Gasteiger partial charge in [0, 0.05) is 0 Å². The number of rotatable bonds is 8. The number of ether oxygens (including phenoxy) is 1. The molecule has 0 amide bonds.